The zero-order valence-corrected chi connectivity index (χ0v) is 11.1. The average molecular weight is 287 g/mol. The summed E-state index contributed by atoms with van der Waals surface area (Å²) in [7, 11) is 0. The molecule has 0 heterocycles. The Kier molecular flexibility index (Phi) is 3.78. The van der Waals surface area contributed by atoms with E-state index in [2.05, 4.69) is 0 Å². The van der Waals surface area contributed by atoms with E-state index in [9.17, 15) is 4.57 Å². The Balaban J connectivity index is 2.22. The van der Waals surface area contributed by atoms with Gasteiger partial charge in [-0.1, -0.05) is 42.5 Å². The van der Waals surface area contributed by atoms with Crippen molar-refractivity contribution in [2.45, 2.75) is 0 Å². The van der Waals surface area contributed by atoms with Crippen molar-refractivity contribution in [2.24, 2.45) is 0 Å². The van der Waals surface area contributed by atoms with E-state index < -0.39 is 6.07 Å². The fraction of sp³-hybridized carbons (Fsp3) is 0. The van der Waals surface area contributed by atoms with Gasteiger partial charge in [-0.05, 0) is 23.3 Å². The van der Waals surface area contributed by atoms with Gasteiger partial charge in [0.25, 0.3) is 0 Å². The van der Waals surface area contributed by atoms with E-state index in [-0.39, 0.29) is 0 Å². The molecule has 88 valence electrons. The molecule has 0 aliphatic rings. The molecule has 0 aliphatic heterocycles. The Hall–Kier alpha value is -0.950. The van der Waals surface area contributed by atoms with E-state index in [4.69, 9.17) is 27.0 Å². The van der Waals surface area contributed by atoms with E-state index in [1.165, 1.54) is 0 Å². The average Bonchev–Trinajstić information content (AvgIpc) is 2.29. The summed E-state index contributed by atoms with van der Waals surface area (Å²) < 4.78 is 15.9. The number of hydrogen-bond donors (Lipinski definition) is 0. The van der Waals surface area contributed by atoms with Crippen molar-refractivity contribution in [3.63, 3.8) is 0 Å². The van der Waals surface area contributed by atoms with Crippen LogP contribution in [0.4, 0.5) is 0 Å². The molecule has 17 heavy (non-hydrogen) atoms. The maximum atomic E-state index is 11.0. The molecule has 0 atom stereocenters. The highest BCUT2D eigenvalue weighted by Gasteiger charge is 2.15. The third-order valence-corrected chi connectivity index (χ3v) is 3.01. The molecule has 0 saturated carbocycles. The van der Waals surface area contributed by atoms with E-state index >= 15 is 0 Å². The second kappa shape index (κ2) is 5.14. The lowest BCUT2D eigenvalue weighted by Crippen LogP contribution is -1.82. The molecule has 0 amide bonds. The fourth-order valence-corrected chi connectivity index (χ4v) is 2.31. The SMILES string of the molecule is O=P(Cl)(Cl)Oc1ccc(-c2ccccc2)cc1. The number of benzene rings is 2. The topological polar surface area (TPSA) is 26.3 Å². The fourth-order valence-electron chi connectivity index (χ4n) is 1.46. The summed E-state index contributed by atoms with van der Waals surface area (Å²) in [5, 5.41) is 0. The van der Waals surface area contributed by atoms with Crippen LogP contribution in [0.1, 0.15) is 0 Å². The molecule has 0 bridgehead atoms. The molecule has 0 fully saturated rings. The Morgan fingerprint density at radius 2 is 1.35 bits per heavy atom. The lowest BCUT2D eigenvalue weighted by atomic mass is 10.1. The highest BCUT2D eigenvalue weighted by atomic mass is 35.9. The van der Waals surface area contributed by atoms with Gasteiger partial charge in [0.05, 0.1) is 0 Å². The monoisotopic (exact) mass is 286 g/mol. The smallest absolute Gasteiger partial charge is 0.422 e. The van der Waals surface area contributed by atoms with Crippen molar-refractivity contribution in [3.8, 4) is 16.9 Å². The molecule has 0 unspecified atom stereocenters. The van der Waals surface area contributed by atoms with Gasteiger partial charge in [0, 0.05) is 22.5 Å². The Morgan fingerprint density at radius 3 is 1.88 bits per heavy atom. The van der Waals surface area contributed by atoms with E-state index in [1.54, 1.807) is 12.1 Å². The van der Waals surface area contributed by atoms with Gasteiger partial charge >= 0.3 is 6.07 Å². The molecule has 0 aliphatic carbocycles. The van der Waals surface area contributed by atoms with Crippen LogP contribution in [0.25, 0.3) is 11.1 Å². The Bertz CT molecular complexity index is 534. The normalized spacial score (nSPS) is 11.2. The highest BCUT2D eigenvalue weighted by Crippen LogP contribution is 2.57. The molecule has 0 aromatic heterocycles. The highest BCUT2D eigenvalue weighted by molar-refractivity contribution is 8.05. The predicted octanol–water partition coefficient (Wildman–Crippen LogP) is 5.32. The quantitative estimate of drug-likeness (QED) is 0.714. The predicted molar refractivity (Wildman–Crippen MR) is 71.8 cm³/mol. The zero-order valence-electron chi connectivity index (χ0n) is 8.72. The van der Waals surface area contributed by atoms with Crippen LogP contribution in [0.5, 0.6) is 5.75 Å². The van der Waals surface area contributed by atoms with Crippen LogP contribution in [0.15, 0.2) is 54.6 Å². The van der Waals surface area contributed by atoms with Crippen LogP contribution in [0.3, 0.4) is 0 Å². The number of hydrogen-bond acceptors (Lipinski definition) is 2. The van der Waals surface area contributed by atoms with Gasteiger partial charge in [0.1, 0.15) is 5.75 Å². The molecule has 5 heteroatoms. The summed E-state index contributed by atoms with van der Waals surface area (Å²) in [6.07, 6.45) is -3.53. The summed E-state index contributed by atoms with van der Waals surface area (Å²) >= 11 is 10.6. The maximum absolute atomic E-state index is 11.0. The molecule has 2 nitrogen and oxygen atoms in total. The molecule has 0 spiro atoms. The summed E-state index contributed by atoms with van der Waals surface area (Å²) in [4.78, 5) is 0. The Labute approximate surface area is 109 Å². The van der Waals surface area contributed by atoms with E-state index in [1.807, 2.05) is 42.5 Å². The van der Waals surface area contributed by atoms with Crippen molar-refractivity contribution in [3.05, 3.63) is 54.6 Å². The molecular formula is C12H9Cl2O2P. The molecule has 0 radical (unpaired) electrons. The van der Waals surface area contributed by atoms with Crippen LogP contribution in [0.2, 0.25) is 0 Å². The van der Waals surface area contributed by atoms with Gasteiger partial charge < -0.3 is 4.52 Å². The summed E-state index contributed by atoms with van der Waals surface area (Å²) in [6.45, 7) is 0. The summed E-state index contributed by atoms with van der Waals surface area (Å²) in [6, 6.07) is 17.0. The molecule has 0 saturated heterocycles. The maximum Gasteiger partial charge on any atom is 0.428 e. The minimum absolute atomic E-state index is 0.387. The summed E-state index contributed by atoms with van der Waals surface area (Å²) in [5.74, 6) is 0.387. The first kappa shape index (κ1) is 12.5. The van der Waals surface area contributed by atoms with Crippen LogP contribution in [-0.4, -0.2) is 0 Å². The second-order valence-electron chi connectivity index (χ2n) is 3.40. The first-order chi connectivity index (χ1) is 8.04. The molecule has 2 aromatic carbocycles. The third-order valence-electron chi connectivity index (χ3n) is 2.17. The standard InChI is InChI=1S/C12H9Cl2O2P/c13-17(14,15)16-12-8-6-11(7-9-12)10-4-2-1-3-5-10/h1-9H. The third kappa shape index (κ3) is 3.78. The first-order valence-electron chi connectivity index (χ1n) is 4.89. The number of halogens is 2. The van der Waals surface area contributed by atoms with Crippen molar-refractivity contribution < 1.29 is 9.09 Å². The molecule has 2 aromatic rings. The van der Waals surface area contributed by atoms with Gasteiger partial charge in [0.2, 0.25) is 0 Å². The minimum Gasteiger partial charge on any atom is -0.422 e. The largest absolute Gasteiger partial charge is 0.428 e. The lowest BCUT2D eigenvalue weighted by molar-refractivity contribution is 0.513. The van der Waals surface area contributed by atoms with Crippen LogP contribution in [0, 0.1) is 0 Å². The van der Waals surface area contributed by atoms with Gasteiger partial charge in [-0.15, -0.1) is 0 Å². The minimum atomic E-state index is -3.53. The van der Waals surface area contributed by atoms with E-state index in [0.29, 0.717) is 5.75 Å². The molecular weight excluding hydrogens is 278 g/mol. The molecule has 2 rings (SSSR count). The van der Waals surface area contributed by atoms with Crippen molar-refractivity contribution in [1.29, 1.82) is 0 Å². The zero-order chi connectivity index (χ0) is 12.3. The van der Waals surface area contributed by atoms with Gasteiger partial charge in [0.15, 0.2) is 0 Å². The van der Waals surface area contributed by atoms with Crippen molar-refractivity contribution >= 4 is 28.6 Å². The first-order valence-corrected chi connectivity index (χ1v) is 8.32. The van der Waals surface area contributed by atoms with Crippen LogP contribution >= 0.6 is 28.6 Å². The second-order valence-corrected chi connectivity index (χ2v) is 7.60. The van der Waals surface area contributed by atoms with Gasteiger partial charge in [-0.25, -0.2) is 4.57 Å². The van der Waals surface area contributed by atoms with E-state index in [0.717, 1.165) is 11.1 Å². The molecule has 0 N–H and O–H groups in total. The van der Waals surface area contributed by atoms with Crippen LogP contribution < -0.4 is 4.52 Å². The van der Waals surface area contributed by atoms with Crippen molar-refractivity contribution in [1.82, 2.24) is 0 Å². The summed E-state index contributed by atoms with van der Waals surface area (Å²) in [5.41, 5.74) is 2.14. The number of rotatable bonds is 3. The lowest BCUT2D eigenvalue weighted by Gasteiger charge is -2.07. The Morgan fingerprint density at radius 1 is 0.824 bits per heavy atom. The van der Waals surface area contributed by atoms with Crippen molar-refractivity contribution in [2.75, 3.05) is 0 Å². The van der Waals surface area contributed by atoms with Crippen LogP contribution in [-0.2, 0) is 4.57 Å². The van der Waals surface area contributed by atoms with Gasteiger partial charge in [-0.3, -0.25) is 0 Å². The van der Waals surface area contributed by atoms with Gasteiger partial charge in [-0.2, -0.15) is 0 Å².